The summed E-state index contributed by atoms with van der Waals surface area (Å²) in [6.45, 7) is 0.519. The summed E-state index contributed by atoms with van der Waals surface area (Å²) >= 11 is 3.44. The summed E-state index contributed by atoms with van der Waals surface area (Å²) in [4.78, 5) is 14.8. The average Bonchev–Trinajstić information content (AvgIpc) is 3.04. The molecule has 1 aromatic carbocycles. The smallest absolute Gasteiger partial charge is 0.315 e. The first-order chi connectivity index (χ1) is 8.70. The molecule has 2 aromatic rings. The van der Waals surface area contributed by atoms with Crippen LogP contribution in [0.2, 0.25) is 0 Å². The molecule has 94 valence electrons. The van der Waals surface area contributed by atoms with Gasteiger partial charge >= 0.3 is 6.03 Å². The van der Waals surface area contributed by atoms with E-state index in [2.05, 4.69) is 43.7 Å². The molecule has 18 heavy (non-hydrogen) atoms. The Morgan fingerprint density at radius 1 is 1.39 bits per heavy atom. The fourth-order valence-corrected chi connectivity index (χ4v) is 2.28. The number of urea groups is 1. The summed E-state index contributed by atoms with van der Waals surface area (Å²) in [5.41, 5.74) is 2.09. The van der Waals surface area contributed by atoms with Gasteiger partial charge in [0.2, 0.25) is 0 Å². The van der Waals surface area contributed by atoms with Crippen LogP contribution >= 0.6 is 15.9 Å². The second-order valence-electron chi connectivity index (χ2n) is 4.63. The van der Waals surface area contributed by atoms with Gasteiger partial charge in [-0.3, -0.25) is 0 Å². The van der Waals surface area contributed by atoms with Gasteiger partial charge in [-0.1, -0.05) is 15.9 Å². The van der Waals surface area contributed by atoms with Gasteiger partial charge in [-0.25, -0.2) is 4.79 Å². The molecule has 0 unspecified atom stereocenters. The maximum atomic E-state index is 11.5. The Labute approximate surface area is 113 Å². The van der Waals surface area contributed by atoms with Crippen molar-refractivity contribution in [2.75, 3.05) is 0 Å². The number of hydrogen-bond acceptors (Lipinski definition) is 1. The lowest BCUT2D eigenvalue weighted by Gasteiger charge is -2.04. The molecule has 4 nitrogen and oxygen atoms in total. The van der Waals surface area contributed by atoms with Crippen molar-refractivity contribution in [2.45, 2.75) is 25.4 Å². The average molecular weight is 308 g/mol. The van der Waals surface area contributed by atoms with Crippen molar-refractivity contribution in [1.29, 1.82) is 0 Å². The minimum atomic E-state index is -0.0858. The molecule has 3 N–H and O–H groups in total. The van der Waals surface area contributed by atoms with Gasteiger partial charge in [0.1, 0.15) is 0 Å². The van der Waals surface area contributed by atoms with Gasteiger partial charge < -0.3 is 15.6 Å². The normalized spacial score (nSPS) is 14.7. The third-order valence-electron chi connectivity index (χ3n) is 2.99. The van der Waals surface area contributed by atoms with E-state index in [0.717, 1.165) is 33.9 Å². The highest BCUT2D eigenvalue weighted by Crippen LogP contribution is 2.20. The maximum absolute atomic E-state index is 11.5. The molecular weight excluding hydrogens is 294 g/mol. The lowest BCUT2D eigenvalue weighted by atomic mass is 10.2. The van der Waals surface area contributed by atoms with E-state index in [4.69, 9.17) is 0 Å². The number of hydrogen-bond donors (Lipinski definition) is 3. The lowest BCUT2D eigenvalue weighted by Crippen LogP contribution is -2.36. The fourth-order valence-electron chi connectivity index (χ4n) is 1.90. The number of benzene rings is 1. The molecular formula is C13H14BrN3O. The van der Waals surface area contributed by atoms with Crippen LogP contribution in [0.1, 0.15) is 18.5 Å². The third kappa shape index (κ3) is 2.67. The van der Waals surface area contributed by atoms with E-state index >= 15 is 0 Å². The molecule has 0 aliphatic heterocycles. The largest absolute Gasteiger partial charge is 0.357 e. The summed E-state index contributed by atoms with van der Waals surface area (Å²) in [5.74, 6) is 0. The second kappa shape index (κ2) is 4.65. The highest BCUT2D eigenvalue weighted by molar-refractivity contribution is 9.10. The monoisotopic (exact) mass is 307 g/mol. The molecule has 3 rings (SSSR count). The van der Waals surface area contributed by atoms with Crippen molar-refractivity contribution in [3.63, 3.8) is 0 Å². The Balaban J connectivity index is 1.64. The van der Waals surface area contributed by atoms with E-state index < -0.39 is 0 Å². The predicted octanol–water partition coefficient (Wildman–Crippen LogP) is 2.89. The zero-order chi connectivity index (χ0) is 12.5. The number of aromatic amines is 1. The zero-order valence-corrected chi connectivity index (χ0v) is 11.4. The SMILES string of the molecule is O=C(NCc1cc2cc(Br)ccc2[nH]1)NC1CC1. The number of fused-ring (bicyclic) bond motifs is 1. The molecule has 5 heteroatoms. The summed E-state index contributed by atoms with van der Waals surface area (Å²) in [5, 5.41) is 6.89. The Morgan fingerprint density at radius 3 is 3.00 bits per heavy atom. The Morgan fingerprint density at radius 2 is 2.22 bits per heavy atom. The van der Waals surface area contributed by atoms with Gasteiger partial charge in [-0.05, 0) is 37.1 Å². The van der Waals surface area contributed by atoms with Gasteiger partial charge in [0.05, 0.1) is 6.54 Å². The molecule has 1 heterocycles. The third-order valence-corrected chi connectivity index (χ3v) is 3.48. The first kappa shape index (κ1) is 11.6. The summed E-state index contributed by atoms with van der Waals surface area (Å²) in [7, 11) is 0. The molecule has 1 aliphatic carbocycles. The van der Waals surface area contributed by atoms with Crippen molar-refractivity contribution in [2.24, 2.45) is 0 Å². The van der Waals surface area contributed by atoms with Crippen LogP contribution in [-0.2, 0) is 6.54 Å². The van der Waals surface area contributed by atoms with Crippen molar-refractivity contribution in [3.8, 4) is 0 Å². The Hall–Kier alpha value is -1.49. The van der Waals surface area contributed by atoms with E-state index in [1.54, 1.807) is 0 Å². The summed E-state index contributed by atoms with van der Waals surface area (Å²) in [6.07, 6.45) is 2.21. The van der Waals surface area contributed by atoms with Gasteiger partial charge in [-0.2, -0.15) is 0 Å². The predicted molar refractivity (Wildman–Crippen MR) is 74.4 cm³/mol. The van der Waals surface area contributed by atoms with Crippen LogP contribution in [-0.4, -0.2) is 17.1 Å². The van der Waals surface area contributed by atoms with Gasteiger partial charge in [0, 0.05) is 27.1 Å². The van der Waals surface area contributed by atoms with Crippen LogP contribution in [0.15, 0.2) is 28.7 Å². The van der Waals surface area contributed by atoms with Crippen LogP contribution in [0.5, 0.6) is 0 Å². The lowest BCUT2D eigenvalue weighted by molar-refractivity contribution is 0.240. The number of amides is 2. The van der Waals surface area contributed by atoms with Crippen LogP contribution in [0.4, 0.5) is 4.79 Å². The number of aromatic nitrogens is 1. The topological polar surface area (TPSA) is 56.9 Å². The molecule has 1 aromatic heterocycles. The molecule has 0 saturated heterocycles. The van der Waals surface area contributed by atoms with E-state index in [9.17, 15) is 4.79 Å². The number of H-pyrrole nitrogens is 1. The number of carbonyl (C=O) groups excluding carboxylic acids is 1. The first-order valence-electron chi connectivity index (χ1n) is 6.02. The minimum Gasteiger partial charge on any atom is -0.357 e. The number of halogens is 1. The highest BCUT2D eigenvalue weighted by atomic mass is 79.9. The molecule has 2 amide bonds. The minimum absolute atomic E-state index is 0.0858. The van der Waals surface area contributed by atoms with Crippen molar-refractivity contribution < 1.29 is 4.79 Å². The molecule has 1 aliphatic rings. The summed E-state index contributed by atoms with van der Waals surface area (Å²) in [6, 6.07) is 8.43. The molecule has 1 saturated carbocycles. The second-order valence-corrected chi connectivity index (χ2v) is 5.54. The van der Waals surface area contributed by atoms with Crippen molar-refractivity contribution in [3.05, 3.63) is 34.4 Å². The van der Waals surface area contributed by atoms with Crippen molar-refractivity contribution >= 4 is 32.9 Å². The number of carbonyl (C=O) groups is 1. The maximum Gasteiger partial charge on any atom is 0.315 e. The first-order valence-corrected chi connectivity index (χ1v) is 6.81. The van der Waals surface area contributed by atoms with Crippen LogP contribution in [0.25, 0.3) is 10.9 Å². The summed E-state index contributed by atoms with van der Waals surface area (Å²) < 4.78 is 1.06. The number of rotatable bonds is 3. The van der Waals surface area contributed by atoms with Gasteiger partial charge in [-0.15, -0.1) is 0 Å². The van der Waals surface area contributed by atoms with Crippen LogP contribution < -0.4 is 10.6 Å². The fraction of sp³-hybridized carbons (Fsp3) is 0.308. The van der Waals surface area contributed by atoms with Crippen LogP contribution in [0, 0.1) is 0 Å². The molecule has 0 spiro atoms. The van der Waals surface area contributed by atoms with Crippen LogP contribution in [0.3, 0.4) is 0 Å². The van der Waals surface area contributed by atoms with E-state index in [-0.39, 0.29) is 6.03 Å². The van der Waals surface area contributed by atoms with Gasteiger partial charge in [0.25, 0.3) is 0 Å². The highest BCUT2D eigenvalue weighted by Gasteiger charge is 2.22. The quantitative estimate of drug-likeness (QED) is 0.802. The Bertz CT molecular complexity index is 589. The Kier molecular flexibility index (Phi) is 2.99. The van der Waals surface area contributed by atoms with E-state index in [0.29, 0.717) is 12.6 Å². The molecule has 0 bridgehead atoms. The molecule has 0 radical (unpaired) electrons. The molecule has 0 atom stereocenters. The standard InChI is InChI=1S/C13H14BrN3O/c14-9-1-4-12-8(5-9)6-11(16-12)7-15-13(18)17-10-2-3-10/h1,4-6,10,16H,2-3,7H2,(H2,15,17,18). The van der Waals surface area contributed by atoms with Gasteiger partial charge in [0.15, 0.2) is 0 Å². The molecule has 1 fully saturated rings. The number of nitrogens with one attached hydrogen (secondary N) is 3. The van der Waals surface area contributed by atoms with Crippen molar-refractivity contribution in [1.82, 2.24) is 15.6 Å². The zero-order valence-electron chi connectivity index (χ0n) is 9.79. The van der Waals surface area contributed by atoms with E-state index in [1.807, 2.05) is 12.1 Å². The van der Waals surface area contributed by atoms with E-state index in [1.165, 1.54) is 0 Å².